The van der Waals surface area contributed by atoms with Crippen molar-refractivity contribution in [3.63, 3.8) is 0 Å². The number of hydrogen-bond acceptors (Lipinski definition) is 4. The maximum absolute atomic E-state index is 11.7. The molecule has 0 aliphatic carbocycles. The van der Waals surface area contributed by atoms with E-state index in [1.807, 2.05) is 35.9 Å². The molecule has 0 unspecified atom stereocenters. The van der Waals surface area contributed by atoms with Gasteiger partial charge in [-0.1, -0.05) is 6.07 Å². The Morgan fingerprint density at radius 3 is 2.75 bits per heavy atom. The standard InChI is InChI=1S/C18H19N3O3/c1-3-24-20-18(22)14-6-8-16(9-7-14)23-12-15-11-21-10-4-5-13(2)17(21)19-15/h4-11H,3,12H2,1-2H3,(H,20,22). The SMILES string of the molecule is CCONC(=O)c1ccc(OCc2cn3cccc(C)c3n2)cc1. The first-order chi connectivity index (χ1) is 11.7. The molecule has 2 aromatic heterocycles. The lowest BCUT2D eigenvalue weighted by molar-refractivity contribution is 0.0364. The van der Waals surface area contributed by atoms with Gasteiger partial charge in [0.25, 0.3) is 5.91 Å². The summed E-state index contributed by atoms with van der Waals surface area (Å²) in [4.78, 5) is 21.2. The number of pyridine rings is 1. The summed E-state index contributed by atoms with van der Waals surface area (Å²) < 4.78 is 7.72. The third-order valence-corrected chi connectivity index (χ3v) is 3.54. The number of nitrogens with zero attached hydrogens (tertiary/aromatic N) is 2. The van der Waals surface area contributed by atoms with Gasteiger partial charge in [0.05, 0.1) is 12.3 Å². The van der Waals surface area contributed by atoms with Crippen molar-refractivity contribution in [2.75, 3.05) is 6.61 Å². The van der Waals surface area contributed by atoms with Gasteiger partial charge in [0, 0.05) is 18.0 Å². The molecule has 0 aliphatic rings. The fourth-order valence-corrected chi connectivity index (χ4v) is 2.33. The summed E-state index contributed by atoms with van der Waals surface area (Å²) in [5.74, 6) is 0.399. The van der Waals surface area contributed by atoms with E-state index in [1.54, 1.807) is 31.2 Å². The van der Waals surface area contributed by atoms with Crippen molar-refractivity contribution in [3.8, 4) is 5.75 Å². The highest BCUT2D eigenvalue weighted by Gasteiger charge is 2.07. The van der Waals surface area contributed by atoms with Crippen LogP contribution in [0.1, 0.15) is 28.5 Å². The highest BCUT2D eigenvalue weighted by atomic mass is 16.6. The van der Waals surface area contributed by atoms with Crippen LogP contribution in [-0.2, 0) is 11.4 Å². The van der Waals surface area contributed by atoms with E-state index in [1.165, 1.54) is 0 Å². The number of benzene rings is 1. The van der Waals surface area contributed by atoms with Crippen LogP contribution >= 0.6 is 0 Å². The number of carbonyl (C=O) groups is 1. The fourth-order valence-electron chi connectivity index (χ4n) is 2.33. The van der Waals surface area contributed by atoms with Gasteiger partial charge >= 0.3 is 0 Å². The molecule has 1 aromatic carbocycles. The molecule has 6 nitrogen and oxygen atoms in total. The monoisotopic (exact) mass is 325 g/mol. The van der Waals surface area contributed by atoms with Crippen LogP contribution in [-0.4, -0.2) is 21.9 Å². The molecule has 3 rings (SSSR count). The summed E-state index contributed by atoms with van der Waals surface area (Å²) in [6.45, 7) is 4.62. The molecule has 0 bridgehead atoms. The minimum absolute atomic E-state index is 0.278. The second-order valence-electron chi connectivity index (χ2n) is 5.33. The van der Waals surface area contributed by atoms with Crippen molar-refractivity contribution < 1.29 is 14.4 Å². The smallest absolute Gasteiger partial charge is 0.274 e. The van der Waals surface area contributed by atoms with Gasteiger partial charge < -0.3 is 9.14 Å². The molecule has 0 saturated heterocycles. The van der Waals surface area contributed by atoms with Crippen LogP contribution in [0.3, 0.4) is 0 Å². The molecule has 1 amide bonds. The summed E-state index contributed by atoms with van der Waals surface area (Å²) in [6.07, 6.45) is 3.91. The quantitative estimate of drug-likeness (QED) is 0.708. The third kappa shape index (κ3) is 3.55. The topological polar surface area (TPSA) is 64.9 Å². The van der Waals surface area contributed by atoms with Gasteiger partial charge in [-0.05, 0) is 49.7 Å². The molecular weight excluding hydrogens is 306 g/mol. The van der Waals surface area contributed by atoms with E-state index in [-0.39, 0.29) is 5.91 Å². The molecule has 0 atom stereocenters. The average molecular weight is 325 g/mol. The Balaban J connectivity index is 1.63. The molecule has 0 radical (unpaired) electrons. The van der Waals surface area contributed by atoms with Crippen LogP contribution in [0.4, 0.5) is 0 Å². The van der Waals surface area contributed by atoms with Gasteiger partial charge in [-0.25, -0.2) is 10.5 Å². The van der Waals surface area contributed by atoms with Crippen molar-refractivity contribution in [2.45, 2.75) is 20.5 Å². The number of rotatable bonds is 6. The minimum Gasteiger partial charge on any atom is -0.487 e. The Morgan fingerprint density at radius 1 is 1.25 bits per heavy atom. The van der Waals surface area contributed by atoms with Crippen molar-refractivity contribution in [2.24, 2.45) is 0 Å². The molecule has 2 heterocycles. The summed E-state index contributed by atoms with van der Waals surface area (Å²) in [7, 11) is 0. The van der Waals surface area contributed by atoms with Crippen LogP contribution in [0.15, 0.2) is 48.8 Å². The predicted octanol–water partition coefficient (Wildman–Crippen LogP) is 2.90. The number of ether oxygens (including phenoxy) is 1. The van der Waals surface area contributed by atoms with Crippen LogP contribution in [0.5, 0.6) is 5.75 Å². The molecule has 24 heavy (non-hydrogen) atoms. The number of nitrogens with one attached hydrogen (secondary N) is 1. The van der Waals surface area contributed by atoms with Crippen molar-refractivity contribution >= 4 is 11.6 Å². The van der Waals surface area contributed by atoms with E-state index in [0.717, 1.165) is 16.9 Å². The van der Waals surface area contributed by atoms with Gasteiger partial charge in [-0.15, -0.1) is 0 Å². The zero-order valence-electron chi connectivity index (χ0n) is 13.7. The number of amides is 1. The molecule has 0 aliphatic heterocycles. The zero-order chi connectivity index (χ0) is 16.9. The first kappa shape index (κ1) is 16.0. The summed E-state index contributed by atoms with van der Waals surface area (Å²) >= 11 is 0. The van der Waals surface area contributed by atoms with Gasteiger partial charge in [-0.3, -0.25) is 9.63 Å². The van der Waals surface area contributed by atoms with Crippen molar-refractivity contribution in [3.05, 3.63) is 65.6 Å². The number of fused-ring (bicyclic) bond motifs is 1. The Hall–Kier alpha value is -2.86. The van der Waals surface area contributed by atoms with E-state index in [2.05, 4.69) is 10.5 Å². The first-order valence-corrected chi connectivity index (χ1v) is 7.75. The van der Waals surface area contributed by atoms with Gasteiger partial charge in [0.1, 0.15) is 18.0 Å². The van der Waals surface area contributed by atoms with Crippen molar-refractivity contribution in [1.82, 2.24) is 14.9 Å². The lowest BCUT2D eigenvalue weighted by atomic mass is 10.2. The molecule has 3 aromatic rings. The zero-order valence-corrected chi connectivity index (χ0v) is 13.7. The highest BCUT2D eigenvalue weighted by Crippen LogP contribution is 2.15. The molecule has 6 heteroatoms. The number of aryl methyl sites for hydroxylation is 1. The van der Waals surface area contributed by atoms with Crippen LogP contribution in [0, 0.1) is 6.92 Å². The largest absolute Gasteiger partial charge is 0.487 e. The van der Waals surface area contributed by atoms with Crippen molar-refractivity contribution in [1.29, 1.82) is 0 Å². The lowest BCUT2D eigenvalue weighted by Crippen LogP contribution is -2.23. The molecule has 0 spiro atoms. The minimum atomic E-state index is -0.278. The van der Waals surface area contributed by atoms with E-state index in [4.69, 9.17) is 9.57 Å². The Morgan fingerprint density at radius 2 is 2.04 bits per heavy atom. The summed E-state index contributed by atoms with van der Waals surface area (Å²) in [6, 6.07) is 10.9. The maximum atomic E-state index is 11.7. The molecule has 124 valence electrons. The highest BCUT2D eigenvalue weighted by molar-refractivity contribution is 5.93. The van der Waals surface area contributed by atoms with Crippen LogP contribution in [0.2, 0.25) is 0 Å². The average Bonchev–Trinajstić information content (AvgIpc) is 3.03. The normalized spacial score (nSPS) is 10.8. The first-order valence-electron chi connectivity index (χ1n) is 7.75. The Bertz CT molecular complexity index is 840. The van der Waals surface area contributed by atoms with Gasteiger partial charge in [0.2, 0.25) is 0 Å². The van der Waals surface area contributed by atoms with E-state index >= 15 is 0 Å². The Labute approximate surface area is 140 Å². The third-order valence-electron chi connectivity index (χ3n) is 3.54. The Kier molecular flexibility index (Phi) is 4.77. The van der Waals surface area contributed by atoms with Crippen LogP contribution in [0.25, 0.3) is 5.65 Å². The second-order valence-corrected chi connectivity index (χ2v) is 5.33. The number of aromatic nitrogens is 2. The number of hydroxylamine groups is 1. The van der Waals surface area contributed by atoms with Gasteiger partial charge in [0.15, 0.2) is 0 Å². The van der Waals surface area contributed by atoms with E-state index in [0.29, 0.717) is 24.5 Å². The second kappa shape index (κ2) is 7.14. The summed E-state index contributed by atoms with van der Waals surface area (Å²) in [5, 5.41) is 0. The number of carbonyl (C=O) groups excluding carboxylic acids is 1. The van der Waals surface area contributed by atoms with E-state index in [9.17, 15) is 4.79 Å². The predicted molar refractivity (Wildman–Crippen MR) is 89.8 cm³/mol. The van der Waals surface area contributed by atoms with E-state index < -0.39 is 0 Å². The summed E-state index contributed by atoms with van der Waals surface area (Å²) in [5.41, 5.74) is 5.76. The molecule has 0 saturated carbocycles. The number of imidazole rings is 1. The number of hydrogen-bond donors (Lipinski definition) is 1. The fraction of sp³-hybridized carbons (Fsp3) is 0.222. The van der Waals surface area contributed by atoms with Gasteiger partial charge in [-0.2, -0.15) is 0 Å². The lowest BCUT2D eigenvalue weighted by Gasteiger charge is -2.06. The molecular formula is C18H19N3O3. The molecule has 0 fully saturated rings. The van der Waals surface area contributed by atoms with Crippen LogP contribution < -0.4 is 10.2 Å². The maximum Gasteiger partial charge on any atom is 0.274 e. The molecule has 1 N–H and O–H groups in total.